The van der Waals surface area contributed by atoms with Gasteiger partial charge in [0.15, 0.2) is 0 Å². The zero-order chi connectivity index (χ0) is 13.7. The molecule has 0 saturated heterocycles. The second-order valence-electron chi connectivity index (χ2n) is 3.49. The monoisotopic (exact) mass is 284 g/mol. The zero-order valence-corrected chi connectivity index (χ0v) is 11.7. The van der Waals surface area contributed by atoms with Crippen LogP contribution in [0.25, 0.3) is 10.9 Å². The van der Waals surface area contributed by atoms with Crippen LogP contribution in [0.1, 0.15) is 13.8 Å². The molecular weight excluding hydrogens is 269 g/mol. The van der Waals surface area contributed by atoms with Crippen molar-refractivity contribution in [2.45, 2.75) is 13.8 Å². The molecule has 0 aliphatic heterocycles. The van der Waals surface area contributed by atoms with Gasteiger partial charge in [0.05, 0.1) is 18.6 Å². The van der Waals surface area contributed by atoms with Crippen LogP contribution in [0.2, 0.25) is 0 Å². The van der Waals surface area contributed by atoms with Crippen LogP contribution >= 0.6 is 8.60 Å². The fourth-order valence-electron chi connectivity index (χ4n) is 1.43. The van der Waals surface area contributed by atoms with Crippen molar-refractivity contribution in [3.8, 4) is 0 Å². The van der Waals surface area contributed by atoms with Crippen molar-refractivity contribution in [1.29, 1.82) is 0 Å². The Morgan fingerprint density at radius 2 is 1.89 bits per heavy atom. The third-order valence-electron chi connectivity index (χ3n) is 2.23. The van der Waals surface area contributed by atoms with Gasteiger partial charge in [-0.05, 0) is 31.2 Å². The predicted molar refractivity (Wildman–Crippen MR) is 71.9 cm³/mol. The average Bonchev–Trinajstić information content (AvgIpc) is 2.43. The van der Waals surface area contributed by atoms with Gasteiger partial charge in [-0.1, -0.05) is 12.1 Å². The number of benzene rings is 1. The number of hydrogen-bond donors (Lipinski definition) is 0. The summed E-state index contributed by atoms with van der Waals surface area (Å²) in [6.45, 7) is 4.51. The summed E-state index contributed by atoms with van der Waals surface area (Å²) < 4.78 is 15.9. The van der Waals surface area contributed by atoms with Crippen LogP contribution in [0.4, 0.5) is 0 Å². The maximum Gasteiger partial charge on any atom is 0.478 e. The molecule has 0 fully saturated rings. The predicted octanol–water partition coefficient (Wildman–Crippen LogP) is 1.25. The second-order valence-corrected chi connectivity index (χ2v) is 4.75. The summed E-state index contributed by atoms with van der Waals surface area (Å²) in [6.07, 6.45) is 0. The van der Waals surface area contributed by atoms with Crippen molar-refractivity contribution in [3.05, 3.63) is 34.6 Å². The second kappa shape index (κ2) is 6.56. The molecule has 0 N–H and O–H groups in total. The van der Waals surface area contributed by atoms with E-state index in [0.29, 0.717) is 24.1 Å². The van der Waals surface area contributed by atoms with E-state index in [1.165, 1.54) is 0 Å². The Bertz CT molecular complexity index is 598. The highest BCUT2D eigenvalue weighted by Crippen LogP contribution is 2.34. The molecule has 8 heteroatoms. The van der Waals surface area contributed by atoms with Crippen molar-refractivity contribution >= 4 is 19.5 Å². The SMILES string of the molecule is CCO[PH+](OCC)On1nnc2ccccc2c1=O. The molecule has 1 aromatic heterocycles. The Balaban J connectivity index is 2.29. The number of aromatic nitrogens is 3. The third-order valence-corrected chi connectivity index (χ3v) is 3.60. The van der Waals surface area contributed by atoms with Gasteiger partial charge in [-0.3, -0.25) is 4.79 Å². The van der Waals surface area contributed by atoms with Crippen molar-refractivity contribution in [3.63, 3.8) is 0 Å². The molecule has 0 aliphatic carbocycles. The lowest BCUT2D eigenvalue weighted by Gasteiger charge is -2.06. The highest BCUT2D eigenvalue weighted by molar-refractivity contribution is 7.41. The number of nitrogens with zero attached hydrogens (tertiary/aromatic N) is 3. The van der Waals surface area contributed by atoms with Crippen LogP contribution in [0.5, 0.6) is 0 Å². The lowest BCUT2D eigenvalue weighted by Crippen LogP contribution is -2.29. The van der Waals surface area contributed by atoms with E-state index in [1.54, 1.807) is 24.3 Å². The number of fused-ring (bicyclic) bond motifs is 1. The van der Waals surface area contributed by atoms with Gasteiger partial charge in [0.2, 0.25) is 0 Å². The van der Waals surface area contributed by atoms with Gasteiger partial charge in [0, 0.05) is 4.85 Å². The van der Waals surface area contributed by atoms with Crippen LogP contribution in [-0.4, -0.2) is 28.4 Å². The summed E-state index contributed by atoms with van der Waals surface area (Å²) in [4.78, 5) is 12.9. The first-order valence-corrected chi connectivity index (χ1v) is 7.14. The molecule has 1 aromatic carbocycles. The Morgan fingerprint density at radius 3 is 2.58 bits per heavy atom. The molecule has 0 spiro atoms. The maximum atomic E-state index is 12.1. The molecule has 7 nitrogen and oxygen atoms in total. The quantitative estimate of drug-likeness (QED) is 0.743. The molecule has 19 heavy (non-hydrogen) atoms. The van der Waals surface area contributed by atoms with E-state index in [-0.39, 0.29) is 5.56 Å². The van der Waals surface area contributed by atoms with Gasteiger partial charge in [0.25, 0.3) is 0 Å². The molecule has 2 rings (SSSR count). The van der Waals surface area contributed by atoms with E-state index in [4.69, 9.17) is 13.7 Å². The first-order valence-electron chi connectivity index (χ1n) is 5.92. The third kappa shape index (κ3) is 3.26. The van der Waals surface area contributed by atoms with E-state index in [9.17, 15) is 4.79 Å². The molecule has 0 atom stereocenters. The number of hydrogen-bond acceptors (Lipinski definition) is 6. The average molecular weight is 284 g/mol. The molecule has 0 radical (unpaired) electrons. The topological polar surface area (TPSA) is 75.5 Å². The normalized spacial score (nSPS) is 11.1. The summed E-state index contributed by atoms with van der Waals surface area (Å²) >= 11 is 0. The van der Waals surface area contributed by atoms with Crippen LogP contribution in [0.3, 0.4) is 0 Å². The van der Waals surface area contributed by atoms with E-state index in [1.807, 2.05) is 13.8 Å². The zero-order valence-electron chi connectivity index (χ0n) is 10.7. The van der Waals surface area contributed by atoms with Gasteiger partial charge in [-0.15, -0.1) is 5.10 Å². The number of rotatable bonds is 6. The molecular formula is C11H15N3O4P+. The summed E-state index contributed by atoms with van der Waals surface area (Å²) in [5, 5.41) is 8.05. The molecule has 0 amide bonds. The fraction of sp³-hybridized carbons (Fsp3) is 0.364. The van der Waals surface area contributed by atoms with Crippen LogP contribution in [0, 0.1) is 0 Å². The van der Waals surface area contributed by atoms with E-state index >= 15 is 0 Å². The minimum absolute atomic E-state index is 0.382. The van der Waals surface area contributed by atoms with Gasteiger partial charge in [-0.2, -0.15) is 13.7 Å². The molecule has 0 bridgehead atoms. The maximum absolute atomic E-state index is 12.1. The molecule has 1 heterocycles. The van der Waals surface area contributed by atoms with Crippen molar-refractivity contribution in [1.82, 2.24) is 15.2 Å². The van der Waals surface area contributed by atoms with E-state index in [2.05, 4.69) is 10.3 Å². The lowest BCUT2D eigenvalue weighted by atomic mass is 10.2. The van der Waals surface area contributed by atoms with Crippen LogP contribution in [0.15, 0.2) is 29.1 Å². The van der Waals surface area contributed by atoms with Gasteiger partial charge in [-0.25, -0.2) is 0 Å². The van der Waals surface area contributed by atoms with Crippen molar-refractivity contribution in [2.24, 2.45) is 0 Å². The largest absolute Gasteiger partial charge is 0.478 e. The van der Waals surface area contributed by atoms with Gasteiger partial charge >= 0.3 is 14.2 Å². The van der Waals surface area contributed by atoms with E-state index in [0.717, 1.165) is 4.85 Å². The summed E-state index contributed by atoms with van der Waals surface area (Å²) in [6, 6.07) is 6.93. The fourth-order valence-corrected chi connectivity index (χ4v) is 2.36. The first-order chi connectivity index (χ1) is 9.26. The highest BCUT2D eigenvalue weighted by atomic mass is 31.2. The highest BCUT2D eigenvalue weighted by Gasteiger charge is 2.23. The minimum atomic E-state index is -2.03. The molecule has 0 aliphatic rings. The van der Waals surface area contributed by atoms with Gasteiger partial charge in [0.1, 0.15) is 5.52 Å². The van der Waals surface area contributed by atoms with E-state index < -0.39 is 8.60 Å². The molecule has 0 unspecified atom stereocenters. The van der Waals surface area contributed by atoms with Crippen molar-refractivity contribution in [2.75, 3.05) is 13.2 Å². The van der Waals surface area contributed by atoms with Crippen LogP contribution < -0.4 is 10.2 Å². The lowest BCUT2D eigenvalue weighted by molar-refractivity contribution is 0.130. The Kier molecular flexibility index (Phi) is 4.79. The molecule has 2 aromatic rings. The molecule has 0 saturated carbocycles. The van der Waals surface area contributed by atoms with Crippen molar-refractivity contribution < 1.29 is 13.7 Å². The Hall–Kier alpha value is -1.56. The summed E-state index contributed by atoms with van der Waals surface area (Å²) in [7, 11) is -2.03. The van der Waals surface area contributed by atoms with Gasteiger partial charge < -0.3 is 0 Å². The Morgan fingerprint density at radius 1 is 1.21 bits per heavy atom. The Labute approximate surface area is 111 Å². The smallest absolute Gasteiger partial charge is 0.263 e. The van der Waals surface area contributed by atoms with Crippen LogP contribution in [-0.2, 0) is 9.05 Å². The summed E-state index contributed by atoms with van der Waals surface area (Å²) in [5.41, 5.74) is 0.140. The first kappa shape index (κ1) is 13.9. The standard InChI is InChI=1S/C11H15N3O4P/c1-3-16-19(17-4-2)18-14-11(15)9-7-5-6-8-10(9)12-13-14/h5-8,19H,3-4H2,1-2H3/q+1. The molecule has 102 valence electrons. The summed E-state index contributed by atoms with van der Waals surface area (Å²) in [5.74, 6) is 0. The minimum Gasteiger partial charge on any atom is -0.263 e.